The summed E-state index contributed by atoms with van der Waals surface area (Å²) in [5.74, 6) is 0.947. The third kappa shape index (κ3) is 3.85. The van der Waals surface area contributed by atoms with E-state index in [0.717, 1.165) is 31.0 Å². The first-order valence-corrected chi connectivity index (χ1v) is 8.29. The molecule has 114 valence electrons. The maximum atomic E-state index is 12.5. The molecule has 1 unspecified atom stereocenters. The topological polar surface area (TPSA) is 29.5 Å². The van der Waals surface area contributed by atoms with Crippen molar-refractivity contribution in [2.45, 2.75) is 44.6 Å². The van der Waals surface area contributed by atoms with Crippen molar-refractivity contribution in [3.8, 4) is 0 Å². The summed E-state index contributed by atoms with van der Waals surface area (Å²) in [5.41, 5.74) is 0.788. The Morgan fingerprint density at radius 2 is 1.90 bits per heavy atom. The van der Waals surface area contributed by atoms with E-state index in [1.54, 1.807) is 0 Å². The Morgan fingerprint density at radius 3 is 2.67 bits per heavy atom. The Hall–Kier alpha value is -1.35. The molecule has 2 aliphatic rings. The molecule has 1 aromatic carbocycles. The maximum Gasteiger partial charge on any atom is 0.254 e. The van der Waals surface area contributed by atoms with Crippen molar-refractivity contribution in [1.29, 1.82) is 0 Å². The van der Waals surface area contributed by atoms with Crippen LogP contribution in [0.2, 0.25) is 0 Å². The Labute approximate surface area is 127 Å². The highest BCUT2D eigenvalue weighted by atomic mass is 16.5. The number of rotatable bonds is 3. The normalized spacial score (nSPS) is 24.0. The zero-order valence-electron chi connectivity index (χ0n) is 12.7. The molecule has 0 N–H and O–H groups in total. The lowest BCUT2D eigenvalue weighted by molar-refractivity contribution is -0.0337. The Balaban J connectivity index is 1.56. The zero-order valence-corrected chi connectivity index (χ0v) is 12.7. The summed E-state index contributed by atoms with van der Waals surface area (Å²) >= 11 is 0. The fourth-order valence-electron chi connectivity index (χ4n) is 3.60. The molecule has 1 heterocycles. The second-order valence-electron chi connectivity index (χ2n) is 6.35. The standard InChI is InChI=1S/C18H25NO2/c20-18(16-9-5-2-6-10-16)19-11-12-21-17(14-19)13-15-7-3-1-4-8-15/h2,5-6,9-10,15,17H,1,3-4,7-8,11-14H2. The average Bonchev–Trinajstić information content (AvgIpc) is 2.56. The number of morpholine rings is 1. The van der Waals surface area contributed by atoms with Crippen LogP contribution in [0.5, 0.6) is 0 Å². The number of nitrogens with zero attached hydrogens (tertiary/aromatic N) is 1. The minimum atomic E-state index is 0.146. The minimum absolute atomic E-state index is 0.146. The summed E-state index contributed by atoms with van der Waals surface area (Å²) in [6, 6.07) is 9.59. The molecule has 0 spiro atoms. The molecule has 3 nitrogen and oxygen atoms in total. The summed E-state index contributed by atoms with van der Waals surface area (Å²) < 4.78 is 5.90. The second-order valence-corrected chi connectivity index (χ2v) is 6.35. The van der Waals surface area contributed by atoms with Gasteiger partial charge in [-0.3, -0.25) is 4.79 Å². The van der Waals surface area contributed by atoms with Crippen molar-refractivity contribution in [2.75, 3.05) is 19.7 Å². The summed E-state index contributed by atoms with van der Waals surface area (Å²) in [6.07, 6.45) is 8.15. The van der Waals surface area contributed by atoms with Crippen LogP contribution in [-0.4, -0.2) is 36.6 Å². The van der Waals surface area contributed by atoms with E-state index in [-0.39, 0.29) is 12.0 Å². The van der Waals surface area contributed by atoms with Crippen LogP contribution >= 0.6 is 0 Å². The third-order valence-electron chi connectivity index (χ3n) is 4.77. The van der Waals surface area contributed by atoms with E-state index in [1.807, 2.05) is 35.2 Å². The number of ether oxygens (including phenoxy) is 1. The second kappa shape index (κ2) is 7.08. The van der Waals surface area contributed by atoms with Gasteiger partial charge in [0.25, 0.3) is 5.91 Å². The van der Waals surface area contributed by atoms with Crippen molar-refractivity contribution in [1.82, 2.24) is 4.90 Å². The van der Waals surface area contributed by atoms with Crippen molar-refractivity contribution < 1.29 is 9.53 Å². The van der Waals surface area contributed by atoms with Gasteiger partial charge in [-0.05, 0) is 24.5 Å². The molecule has 0 bridgehead atoms. The highest BCUT2D eigenvalue weighted by Gasteiger charge is 2.27. The van der Waals surface area contributed by atoms with E-state index in [4.69, 9.17) is 4.74 Å². The molecule has 1 aliphatic carbocycles. The molecule has 3 heteroatoms. The number of hydrogen-bond donors (Lipinski definition) is 0. The fourth-order valence-corrected chi connectivity index (χ4v) is 3.60. The highest BCUT2D eigenvalue weighted by molar-refractivity contribution is 5.94. The van der Waals surface area contributed by atoms with Gasteiger partial charge in [0.05, 0.1) is 12.7 Å². The third-order valence-corrected chi connectivity index (χ3v) is 4.77. The molecule has 1 aliphatic heterocycles. The molecular formula is C18H25NO2. The molecule has 0 radical (unpaired) electrons. The van der Waals surface area contributed by atoms with Crippen LogP contribution in [0.4, 0.5) is 0 Å². The molecular weight excluding hydrogens is 262 g/mol. The predicted molar refractivity (Wildman–Crippen MR) is 83.3 cm³/mol. The summed E-state index contributed by atoms with van der Waals surface area (Å²) in [6.45, 7) is 2.15. The molecule has 1 saturated carbocycles. The Kier molecular flexibility index (Phi) is 4.91. The van der Waals surface area contributed by atoms with Crippen LogP contribution in [0.25, 0.3) is 0 Å². The summed E-state index contributed by atoms with van der Waals surface area (Å²) in [4.78, 5) is 14.5. The van der Waals surface area contributed by atoms with E-state index < -0.39 is 0 Å². The van der Waals surface area contributed by atoms with Gasteiger partial charge in [-0.2, -0.15) is 0 Å². The molecule has 0 aromatic heterocycles. The van der Waals surface area contributed by atoms with Gasteiger partial charge < -0.3 is 9.64 Å². The highest BCUT2D eigenvalue weighted by Crippen LogP contribution is 2.29. The van der Waals surface area contributed by atoms with Crippen LogP contribution < -0.4 is 0 Å². The number of hydrogen-bond acceptors (Lipinski definition) is 2. The van der Waals surface area contributed by atoms with Crippen LogP contribution in [0, 0.1) is 5.92 Å². The Morgan fingerprint density at radius 1 is 1.14 bits per heavy atom. The van der Waals surface area contributed by atoms with E-state index in [9.17, 15) is 4.79 Å². The number of carbonyl (C=O) groups is 1. The van der Waals surface area contributed by atoms with E-state index in [1.165, 1.54) is 32.1 Å². The summed E-state index contributed by atoms with van der Waals surface area (Å²) in [7, 11) is 0. The van der Waals surface area contributed by atoms with Gasteiger partial charge in [0.15, 0.2) is 0 Å². The smallest absolute Gasteiger partial charge is 0.254 e. The van der Waals surface area contributed by atoms with Crippen molar-refractivity contribution in [2.24, 2.45) is 5.92 Å². The van der Waals surface area contributed by atoms with Gasteiger partial charge in [0, 0.05) is 18.7 Å². The number of amides is 1. The van der Waals surface area contributed by atoms with Crippen LogP contribution in [0.3, 0.4) is 0 Å². The predicted octanol–water partition coefficient (Wildman–Crippen LogP) is 3.50. The Bertz CT molecular complexity index is 454. The van der Waals surface area contributed by atoms with E-state index in [0.29, 0.717) is 6.61 Å². The lowest BCUT2D eigenvalue weighted by Crippen LogP contribution is -2.46. The largest absolute Gasteiger partial charge is 0.375 e. The lowest BCUT2D eigenvalue weighted by Gasteiger charge is -2.35. The van der Waals surface area contributed by atoms with E-state index in [2.05, 4.69) is 0 Å². The molecule has 1 atom stereocenters. The molecule has 3 rings (SSSR count). The SMILES string of the molecule is O=C(c1ccccc1)N1CCOC(CC2CCCCC2)C1. The zero-order chi connectivity index (χ0) is 14.5. The fraction of sp³-hybridized carbons (Fsp3) is 0.611. The molecule has 1 amide bonds. The monoisotopic (exact) mass is 287 g/mol. The first-order valence-electron chi connectivity index (χ1n) is 8.29. The van der Waals surface area contributed by atoms with Crippen molar-refractivity contribution in [3.05, 3.63) is 35.9 Å². The van der Waals surface area contributed by atoms with Gasteiger partial charge in [-0.1, -0.05) is 50.3 Å². The van der Waals surface area contributed by atoms with Crippen molar-refractivity contribution >= 4 is 5.91 Å². The van der Waals surface area contributed by atoms with Crippen molar-refractivity contribution in [3.63, 3.8) is 0 Å². The first-order chi connectivity index (χ1) is 10.3. The van der Waals surface area contributed by atoms with Crippen LogP contribution in [0.15, 0.2) is 30.3 Å². The minimum Gasteiger partial charge on any atom is -0.375 e. The molecule has 1 saturated heterocycles. The van der Waals surface area contributed by atoms with Gasteiger partial charge in [0.1, 0.15) is 0 Å². The number of carbonyl (C=O) groups excluding carboxylic acids is 1. The van der Waals surface area contributed by atoms with Gasteiger partial charge in [-0.15, -0.1) is 0 Å². The van der Waals surface area contributed by atoms with E-state index >= 15 is 0 Å². The van der Waals surface area contributed by atoms with Gasteiger partial charge >= 0.3 is 0 Å². The molecule has 1 aromatic rings. The molecule has 2 fully saturated rings. The van der Waals surface area contributed by atoms with Gasteiger partial charge in [0.2, 0.25) is 0 Å². The maximum absolute atomic E-state index is 12.5. The first kappa shape index (κ1) is 14.6. The average molecular weight is 287 g/mol. The lowest BCUT2D eigenvalue weighted by atomic mass is 9.85. The quantitative estimate of drug-likeness (QED) is 0.851. The summed E-state index contributed by atoms with van der Waals surface area (Å²) in [5, 5.41) is 0. The van der Waals surface area contributed by atoms with Crippen LogP contribution in [-0.2, 0) is 4.74 Å². The number of benzene rings is 1. The molecule has 21 heavy (non-hydrogen) atoms. The van der Waals surface area contributed by atoms with Gasteiger partial charge in [-0.25, -0.2) is 0 Å². The van der Waals surface area contributed by atoms with Crippen LogP contribution in [0.1, 0.15) is 48.9 Å².